The van der Waals surface area contributed by atoms with Crippen molar-refractivity contribution in [3.63, 3.8) is 0 Å². The Bertz CT molecular complexity index is 334. The lowest BCUT2D eigenvalue weighted by Crippen LogP contribution is -2.42. The summed E-state index contributed by atoms with van der Waals surface area (Å²) in [6.45, 7) is 2.12. The zero-order valence-electron chi connectivity index (χ0n) is 8.71. The summed E-state index contributed by atoms with van der Waals surface area (Å²) < 4.78 is 5.55. The van der Waals surface area contributed by atoms with E-state index in [1.165, 1.54) is 0 Å². The third-order valence-corrected chi connectivity index (χ3v) is 3.49. The van der Waals surface area contributed by atoms with E-state index in [9.17, 15) is 0 Å². The van der Waals surface area contributed by atoms with Crippen molar-refractivity contribution in [3.8, 4) is 0 Å². The molecular formula is C12H16ClNO. The van der Waals surface area contributed by atoms with Crippen LogP contribution in [0, 0.1) is 0 Å². The lowest BCUT2D eigenvalue weighted by atomic mass is 9.76. The highest BCUT2D eigenvalue weighted by atomic mass is 35.5. The highest BCUT2D eigenvalue weighted by molar-refractivity contribution is 6.31. The highest BCUT2D eigenvalue weighted by Gasteiger charge is 2.34. The molecular weight excluding hydrogens is 210 g/mol. The third kappa shape index (κ3) is 2.03. The Labute approximate surface area is 95.4 Å². The van der Waals surface area contributed by atoms with Gasteiger partial charge in [-0.3, -0.25) is 0 Å². The minimum atomic E-state index is -0.0728. The minimum Gasteiger partial charge on any atom is -0.380 e. The first-order valence-electron chi connectivity index (χ1n) is 5.31. The van der Waals surface area contributed by atoms with Crippen molar-refractivity contribution in [1.82, 2.24) is 0 Å². The standard InChI is InChI=1S/C12H16ClNO/c13-11-5-2-1-4-10(11)12(8-14)6-3-7-15-9-12/h1-2,4-5H,3,6-9,14H2. The van der Waals surface area contributed by atoms with Crippen molar-refractivity contribution in [3.05, 3.63) is 34.9 Å². The summed E-state index contributed by atoms with van der Waals surface area (Å²) in [4.78, 5) is 0. The first-order chi connectivity index (χ1) is 7.28. The van der Waals surface area contributed by atoms with Gasteiger partial charge in [-0.05, 0) is 24.5 Å². The molecule has 0 amide bonds. The number of halogens is 1. The SMILES string of the molecule is NCC1(c2ccccc2Cl)CCCOC1. The van der Waals surface area contributed by atoms with Crippen molar-refractivity contribution in [2.24, 2.45) is 5.73 Å². The molecule has 1 fully saturated rings. The molecule has 1 saturated heterocycles. The molecule has 15 heavy (non-hydrogen) atoms. The van der Waals surface area contributed by atoms with Gasteiger partial charge in [0.05, 0.1) is 6.61 Å². The van der Waals surface area contributed by atoms with Crippen LogP contribution in [0.1, 0.15) is 18.4 Å². The Morgan fingerprint density at radius 1 is 1.40 bits per heavy atom. The maximum atomic E-state index is 6.21. The lowest BCUT2D eigenvalue weighted by molar-refractivity contribution is 0.0377. The van der Waals surface area contributed by atoms with Gasteiger partial charge in [0.1, 0.15) is 0 Å². The van der Waals surface area contributed by atoms with Gasteiger partial charge in [0, 0.05) is 23.6 Å². The predicted octanol–water partition coefficient (Wildman–Crippen LogP) is 2.35. The molecule has 2 nitrogen and oxygen atoms in total. The monoisotopic (exact) mass is 225 g/mol. The fourth-order valence-corrected chi connectivity index (χ4v) is 2.56. The number of ether oxygens (including phenoxy) is 1. The number of benzene rings is 1. The highest BCUT2D eigenvalue weighted by Crippen LogP contribution is 2.36. The second-order valence-corrected chi connectivity index (χ2v) is 4.53. The van der Waals surface area contributed by atoms with Crippen LogP contribution in [0.5, 0.6) is 0 Å². The van der Waals surface area contributed by atoms with Gasteiger partial charge in [0.15, 0.2) is 0 Å². The van der Waals surface area contributed by atoms with E-state index in [2.05, 4.69) is 6.07 Å². The summed E-state index contributed by atoms with van der Waals surface area (Å²) in [5.74, 6) is 0. The first-order valence-corrected chi connectivity index (χ1v) is 5.69. The molecule has 0 bridgehead atoms. The van der Waals surface area contributed by atoms with Gasteiger partial charge < -0.3 is 10.5 Å². The van der Waals surface area contributed by atoms with Crippen LogP contribution >= 0.6 is 11.6 Å². The molecule has 0 radical (unpaired) electrons. The van der Waals surface area contributed by atoms with Crippen LogP contribution in [-0.4, -0.2) is 19.8 Å². The quantitative estimate of drug-likeness (QED) is 0.839. The summed E-state index contributed by atoms with van der Waals surface area (Å²) >= 11 is 6.21. The number of hydrogen-bond acceptors (Lipinski definition) is 2. The summed E-state index contributed by atoms with van der Waals surface area (Å²) in [5, 5.41) is 0.799. The molecule has 2 rings (SSSR count). The van der Waals surface area contributed by atoms with Crippen molar-refractivity contribution in [2.75, 3.05) is 19.8 Å². The van der Waals surface area contributed by atoms with Crippen LogP contribution in [0.4, 0.5) is 0 Å². The second kappa shape index (κ2) is 4.52. The maximum Gasteiger partial charge on any atom is 0.0575 e. The molecule has 3 heteroatoms. The Balaban J connectivity index is 2.36. The molecule has 0 aromatic heterocycles. The van der Waals surface area contributed by atoms with Gasteiger partial charge in [0.25, 0.3) is 0 Å². The lowest BCUT2D eigenvalue weighted by Gasteiger charge is -2.37. The van der Waals surface area contributed by atoms with Crippen molar-refractivity contribution >= 4 is 11.6 Å². The van der Waals surface area contributed by atoms with Crippen LogP contribution in [0.3, 0.4) is 0 Å². The van der Waals surface area contributed by atoms with E-state index < -0.39 is 0 Å². The third-order valence-electron chi connectivity index (χ3n) is 3.16. The average Bonchev–Trinajstić information content (AvgIpc) is 2.30. The molecule has 0 aliphatic carbocycles. The Kier molecular flexibility index (Phi) is 3.29. The van der Waals surface area contributed by atoms with Gasteiger partial charge in [-0.15, -0.1) is 0 Å². The zero-order valence-corrected chi connectivity index (χ0v) is 9.46. The predicted molar refractivity (Wildman–Crippen MR) is 62.2 cm³/mol. The van der Waals surface area contributed by atoms with Crippen LogP contribution < -0.4 is 5.73 Å². The van der Waals surface area contributed by atoms with E-state index >= 15 is 0 Å². The first kappa shape index (κ1) is 10.9. The van der Waals surface area contributed by atoms with Gasteiger partial charge in [-0.2, -0.15) is 0 Å². The van der Waals surface area contributed by atoms with Gasteiger partial charge >= 0.3 is 0 Å². The summed E-state index contributed by atoms with van der Waals surface area (Å²) in [7, 11) is 0. The molecule has 1 atom stereocenters. The second-order valence-electron chi connectivity index (χ2n) is 4.12. The molecule has 82 valence electrons. The van der Waals surface area contributed by atoms with E-state index in [1.54, 1.807) is 0 Å². The van der Waals surface area contributed by atoms with Crippen LogP contribution in [-0.2, 0) is 10.2 Å². The number of hydrogen-bond donors (Lipinski definition) is 1. The Morgan fingerprint density at radius 2 is 2.20 bits per heavy atom. The molecule has 1 aliphatic rings. The molecule has 1 heterocycles. The fourth-order valence-electron chi connectivity index (χ4n) is 2.23. The van der Waals surface area contributed by atoms with E-state index in [-0.39, 0.29) is 5.41 Å². The fraction of sp³-hybridized carbons (Fsp3) is 0.500. The minimum absolute atomic E-state index is 0.0728. The summed E-state index contributed by atoms with van der Waals surface area (Å²) in [5.41, 5.74) is 6.96. The van der Waals surface area contributed by atoms with Gasteiger partial charge in [0.2, 0.25) is 0 Å². The summed E-state index contributed by atoms with van der Waals surface area (Å²) in [6, 6.07) is 7.93. The molecule has 1 unspecified atom stereocenters. The van der Waals surface area contributed by atoms with Gasteiger partial charge in [-0.1, -0.05) is 29.8 Å². The molecule has 0 spiro atoms. The van der Waals surface area contributed by atoms with Crippen molar-refractivity contribution in [2.45, 2.75) is 18.3 Å². The molecule has 1 aromatic rings. The Morgan fingerprint density at radius 3 is 2.80 bits per heavy atom. The smallest absolute Gasteiger partial charge is 0.0575 e. The molecule has 1 aromatic carbocycles. The van der Waals surface area contributed by atoms with Crippen molar-refractivity contribution < 1.29 is 4.74 Å². The van der Waals surface area contributed by atoms with Crippen LogP contribution in [0.25, 0.3) is 0 Å². The topological polar surface area (TPSA) is 35.2 Å². The van der Waals surface area contributed by atoms with Gasteiger partial charge in [-0.25, -0.2) is 0 Å². The normalized spacial score (nSPS) is 26.5. The van der Waals surface area contributed by atoms with E-state index in [1.807, 2.05) is 18.2 Å². The molecule has 1 aliphatic heterocycles. The van der Waals surface area contributed by atoms with E-state index in [0.29, 0.717) is 13.2 Å². The molecule has 2 N–H and O–H groups in total. The van der Waals surface area contributed by atoms with E-state index in [0.717, 1.165) is 30.0 Å². The number of rotatable bonds is 2. The maximum absolute atomic E-state index is 6.21. The zero-order chi connectivity index (χ0) is 10.7. The van der Waals surface area contributed by atoms with E-state index in [4.69, 9.17) is 22.1 Å². The van der Waals surface area contributed by atoms with Crippen LogP contribution in [0.2, 0.25) is 5.02 Å². The molecule has 0 saturated carbocycles. The Hall–Kier alpha value is -0.570. The summed E-state index contributed by atoms with van der Waals surface area (Å²) in [6.07, 6.45) is 2.12. The van der Waals surface area contributed by atoms with Crippen molar-refractivity contribution in [1.29, 1.82) is 0 Å². The number of nitrogens with two attached hydrogens (primary N) is 1. The van der Waals surface area contributed by atoms with Crippen LogP contribution in [0.15, 0.2) is 24.3 Å². The average molecular weight is 226 g/mol. The largest absolute Gasteiger partial charge is 0.380 e.